The van der Waals surface area contributed by atoms with E-state index in [1.165, 1.54) is 0 Å². The van der Waals surface area contributed by atoms with Crippen molar-refractivity contribution < 1.29 is 4.79 Å². The minimum Gasteiger partial charge on any atom is -0.345 e. The zero-order valence-electron chi connectivity index (χ0n) is 13.8. The average molecular weight is 386 g/mol. The lowest BCUT2D eigenvalue weighted by Gasteiger charge is -2.12. The van der Waals surface area contributed by atoms with Gasteiger partial charge in [-0.15, -0.1) is 0 Å². The number of amides is 1. The lowest BCUT2D eigenvalue weighted by atomic mass is 10.2. The van der Waals surface area contributed by atoms with Crippen molar-refractivity contribution in [2.45, 2.75) is 26.9 Å². The third-order valence-electron chi connectivity index (χ3n) is 3.78. The highest BCUT2D eigenvalue weighted by Crippen LogP contribution is 2.18. The van der Waals surface area contributed by atoms with Crippen LogP contribution in [0.25, 0.3) is 11.0 Å². The lowest BCUT2D eigenvalue weighted by molar-refractivity contribution is 0.0949. The van der Waals surface area contributed by atoms with Crippen molar-refractivity contribution >= 4 is 32.9 Å². The van der Waals surface area contributed by atoms with Gasteiger partial charge in [-0.25, -0.2) is 4.98 Å². The van der Waals surface area contributed by atoms with E-state index in [9.17, 15) is 4.79 Å². The first-order valence-electron chi connectivity index (χ1n) is 8.02. The van der Waals surface area contributed by atoms with Crippen molar-refractivity contribution in [2.24, 2.45) is 5.92 Å². The van der Waals surface area contributed by atoms with Gasteiger partial charge in [0.15, 0.2) is 0 Å². The van der Waals surface area contributed by atoms with Gasteiger partial charge in [0.25, 0.3) is 5.91 Å². The number of hydrogen-bond donors (Lipinski definition) is 1. The van der Waals surface area contributed by atoms with Gasteiger partial charge in [-0.05, 0) is 36.2 Å². The first-order chi connectivity index (χ1) is 11.5. The maximum Gasteiger partial charge on any atom is 0.251 e. The Kier molecular flexibility index (Phi) is 5.00. The maximum absolute atomic E-state index is 12.3. The van der Waals surface area contributed by atoms with E-state index in [1.54, 1.807) is 6.07 Å². The monoisotopic (exact) mass is 385 g/mol. The summed E-state index contributed by atoms with van der Waals surface area (Å²) in [6.45, 7) is 5.65. The highest BCUT2D eigenvalue weighted by Gasteiger charge is 2.13. The molecule has 0 bridgehead atoms. The number of carbonyl (C=O) groups is 1. The lowest BCUT2D eigenvalue weighted by Crippen LogP contribution is -2.25. The third-order valence-corrected chi connectivity index (χ3v) is 4.27. The van der Waals surface area contributed by atoms with Crippen molar-refractivity contribution in [1.82, 2.24) is 14.9 Å². The average Bonchev–Trinajstić information content (AvgIpc) is 2.90. The number of imidazole rings is 1. The van der Waals surface area contributed by atoms with Crippen molar-refractivity contribution in [3.63, 3.8) is 0 Å². The molecule has 24 heavy (non-hydrogen) atoms. The van der Waals surface area contributed by atoms with Gasteiger partial charge < -0.3 is 9.88 Å². The molecule has 2 aromatic carbocycles. The zero-order valence-corrected chi connectivity index (χ0v) is 15.4. The maximum atomic E-state index is 12.3. The summed E-state index contributed by atoms with van der Waals surface area (Å²) < 4.78 is 3.09. The van der Waals surface area contributed by atoms with Crippen molar-refractivity contribution in [2.75, 3.05) is 0 Å². The van der Waals surface area contributed by atoms with Crippen LogP contribution in [0.1, 0.15) is 30.0 Å². The molecule has 1 heterocycles. The number of halogens is 1. The Bertz CT molecular complexity index is 870. The number of nitrogens with zero attached hydrogens (tertiary/aromatic N) is 2. The normalized spacial score (nSPS) is 11.2. The van der Waals surface area contributed by atoms with Crippen LogP contribution in [0, 0.1) is 5.92 Å². The predicted molar refractivity (Wildman–Crippen MR) is 99.9 cm³/mol. The van der Waals surface area contributed by atoms with Gasteiger partial charge in [0.05, 0.1) is 17.6 Å². The summed E-state index contributed by atoms with van der Waals surface area (Å²) in [6, 6.07) is 15.5. The van der Waals surface area contributed by atoms with Crippen LogP contribution in [-0.4, -0.2) is 15.5 Å². The molecule has 1 N–H and O–H groups in total. The second kappa shape index (κ2) is 7.18. The van der Waals surface area contributed by atoms with E-state index in [4.69, 9.17) is 0 Å². The van der Waals surface area contributed by atoms with E-state index in [0.717, 1.165) is 27.9 Å². The summed E-state index contributed by atoms with van der Waals surface area (Å²) in [5.74, 6) is 1.29. The Hall–Kier alpha value is -2.14. The third kappa shape index (κ3) is 3.67. The van der Waals surface area contributed by atoms with Gasteiger partial charge in [-0.2, -0.15) is 0 Å². The molecule has 5 heteroatoms. The SMILES string of the molecule is CC(C)Cn1c(CNC(=O)c2cccc(Br)c2)nc2ccccc21. The summed E-state index contributed by atoms with van der Waals surface area (Å²) in [6.07, 6.45) is 0. The smallest absolute Gasteiger partial charge is 0.251 e. The molecule has 0 aliphatic rings. The van der Waals surface area contributed by atoms with Crippen LogP contribution in [0.2, 0.25) is 0 Å². The summed E-state index contributed by atoms with van der Waals surface area (Å²) in [5, 5.41) is 2.97. The van der Waals surface area contributed by atoms with E-state index >= 15 is 0 Å². The summed E-state index contributed by atoms with van der Waals surface area (Å²) in [4.78, 5) is 17.0. The van der Waals surface area contributed by atoms with Gasteiger partial charge in [0.1, 0.15) is 5.82 Å². The molecule has 0 fully saturated rings. The van der Waals surface area contributed by atoms with Gasteiger partial charge in [0, 0.05) is 16.6 Å². The Morgan fingerprint density at radius 2 is 2.00 bits per heavy atom. The largest absolute Gasteiger partial charge is 0.345 e. The number of para-hydroxylation sites is 2. The number of benzene rings is 2. The number of fused-ring (bicyclic) bond motifs is 1. The molecule has 0 unspecified atom stereocenters. The molecule has 0 spiro atoms. The molecule has 0 aliphatic carbocycles. The summed E-state index contributed by atoms with van der Waals surface area (Å²) in [7, 11) is 0. The fraction of sp³-hybridized carbons (Fsp3) is 0.263. The molecule has 124 valence electrons. The minimum atomic E-state index is -0.0977. The minimum absolute atomic E-state index is 0.0977. The molecule has 3 rings (SSSR count). The summed E-state index contributed by atoms with van der Waals surface area (Å²) >= 11 is 3.39. The molecule has 1 aromatic heterocycles. The molecular weight excluding hydrogens is 366 g/mol. The second-order valence-corrected chi connectivity index (χ2v) is 7.13. The van der Waals surface area contributed by atoms with Gasteiger partial charge in [-0.1, -0.05) is 48.0 Å². The molecule has 0 aliphatic heterocycles. The Labute approximate surface area is 150 Å². The number of hydrogen-bond acceptors (Lipinski definition) is 2. The second-order valence-electron chi connectivity index (χ2n) is 6.21. The molecule has 0 saturated heterocycles. The zero-order chi connectivity index (χ0) is 17.1. The standard InChI is InChI=1S/C19H20BrN3O/c1-13(2)12-23-17-9-4-3-8-16(17)22-18(23)11-21-19(24)14-6-5-7-15(20)10-14/h3-10,13H,11-12H2,1-2H3,(H,21,24). The van der Waals surface area contributed by atoms with Crippen molar-refractivity contribution in [3.05, 3.63) is 64.4 Å². The van der Waals surface area contributed by atoms with Gasteiger partial charge in [-0.3, -0.25) is 4.79 Å². The van der Waals surface area contributed by atoms with Crippen LogP contribution < -0.4 is 5.32 Å². The number of rotatable bonds is 5. The van der Waals surface area contributed by atoms with Crippen LogP contribution in [-0.2, 0) is 13.1 Å². The van der Waals surface area contributed by atoms with Crippen LogP contribution >= 0.6 is 15.9 Å². The molecule has 1 amide bonds. The Morgan fingerprint density at radius 3 is 2.75 bits per heavy atom. The Balaban J connectivity index is 1.83. The molecule has 0 radical (unpaired) electrons. The van der Waals surface area contributed by atoms with Crippen LogP contribution in [0.15, 0.2) is 53.0 Å². The van der Waals surface area contributed by atoms with Crippen molar-refractivity contribution in [3.8, 4) is 0 Å². The van der Waals surface area contributed by atoms with Crippen LogP contribution in [0.5, 0.6) is 0 Å². The number of nitrogens with one attached hydrogen (secondary N) is 1. The first-order valence-corrected chi connectivity index (χ1v) is 8.82. The molecule has 4 nitrogen and oxygen atoms in total. The number of aromatic nitrogens is 2. The fourth-order valence-corrected chi connectivity index (χ4v) is 3.12. The van der Waals surface area contributed by atoms with E-state index in [-0.39, 0.29) is 5.91 Å². The predicted octanol–water partition coefficient (Wildman–Crippen LogP) is 4.38. The molecule has 0 saturated carbocycles. The molecular formula is C19H20BrN3O. The highest BCUT2D eigenvalue weighted by molar-refractivity contribution is 9.10. The van der Waals surface area contributed by atoms with E-state index in [0.29, 0.717) is 18.0 Å². The van der Waals surface area contributed by atoms with Gasteiger partial charge >= 0.3 is 0 Å². The highest BCUT2D eigenvalue weighted by atomic mass is 79.9. The van der Waals surface area contributed by atoms with Crippen molar-refractivity contribution in [1.29, 1.82) is 0 Å². The topological polar surface area (TPSA) is 46.9 Å². The Morgan fingerprint density at radius 1 is 1.21 bits per heavy atom. The van der Waals surface area contributed by atoms with E-state index in [1.807, 2.05) is 36.4 Å². The quantitative estimate of drug-likeness (QED) is 0.707. The van der Waals surface area contributed by atoms with Crippen LogP contribution in [0.3, 0.4) is 0 Å². The van der Waals surface area contributed by atoms with Crippen LogP contribution in [0.4, 0.5) is 0 Å². The van der Waals surface area contributed by atoms with E-state index in [2.05, 4.69) is 50.7 Å². The van der Waals surface area contributed by atoms with Gasteiger partial charge in [0.2, 0.25) is 0 Å². The first kappa shape index (κ1) is 16.7. The number of carbonyl (C=O) groups excluding carboxylic acids is 1. The molecule has 0 atom stereocenters. The van der Waals surface area contributed by atoms with E-state index < -0.39 is 0 Å². The molecule has 3 aromatic rings. The summed E-state index contributed by atoms with van der Waals surface area (Å²) in [5.41, 5.74) is 2.71. The fourth-order valence-electron chi connectivity index (χ4n) is 2.72.